The number of pyridine rings is 2. The van der Waals surface area contributed by atoms with Crippen molar-refractivity contribution in [3.8, 4) is 0 Å². The number of H-pyrrole nitrogens is 2. The molecule has 41 heavy (non-hydrogen) atoms. The minimum Gasteiger partial charge on any atom is -0.322 e. The van der Waals surface area contributed by atoms with Crippen LogP contribution in [0.1, 0.15) is 47.9 Å². The van der Waals surface area contributed by atoms with Gasteiger partial charge in [0.2, 0.25) is 11.1 Å². The van der Waals surface area contributed by atoms with E-state index in [1.807, 2.05) is 0 Å². The largest absolute Gasteiger partial charge is 0.322 e. The van der Waals surface area contributed by atoms with Crippen molar-refractivity contribution in [3.05, 3.63) is 91.5 Å². The lowest BCUT2D eigenvalue weighted by Crippen LogP contribution is -2.45. The molecule has 2 aliphatic rings. The second-order valence-corrected chi connectivity index (χ2v) is 9.93. The number of imide groups is 2. The maximum atomic E-state index is 13.0. The zero-order valence-corrected chi connectivity index (χ0v) is 21.9. The van der Waals surface area contributed by atoms with Crippen LogP contribution < -0.4 is 21.8 Å². The lowest BCUT2D eigenvalue weighted by molar-refractivity contribution is 0.0597. The number of hydrogen-bond acceptors (Lipinski definition) is 8. The van der Waals surface area contributed by atoms with E-state index in [1.165, 1.54) is 12.1 Å². The van der Waals surface area contributed by atoms with Crippen LogP contribution in [0.5, 0.6) is 0 Å². The van der Waals surface area contributed by atoms with E-state index in [4.69, 9.17) is 0 Å². The number of aromatic amines is 2. The molecule has 0 atom stereocenters. The van der Waals surface area contributed by atoms with Crippen molar-refractivity contribution >= 4 is 45.4 Å². The SMILES string of the molecule is O=C1c2cccc3[nH]c(=O)cc(c23)C(=O)N1CCNCCCNCCN1C(=O)c2cccc3[nH]c(=O)cc(c23)C1=O. The van der Waals surface area contributed by atoms with Crippen molar-refractivity contribution in [3.63, 3.8) is 0 Å². The zero-order chi connectivity index (χ0) is 28.7. The van der Waals surface area contributed by atoms with Gasteiger partial charge in [0.15, 0.2) is 0 Å². The third kappa shape index (κ3) is 4.62. The fourth-order valence-corrected chi connectivity index (χ4v) is 5.47. The van der Waals surface area contributed by atoms with Gasteiger partial charge >= 0.3 is 0 Å². The van der Waals surface area contributed by atoms with Crippen molar-refractivity contribution in [1.29, 1.82) is 0 Å². The Morgan fingerprint density at radius 2 is 0.951 bits per heavy atom. The molecule has 2 aromatic heterocycles. The van der Waals surface area contributed by atoms with Gasteiger partial charge in [-0.15, -0.1) is 0 Å². The Labute approximate surface area is 232 Å². The standard InChI is InChI=1S/C29H26N6O6/c36-22-14-18-24-16(4-1-6-20(24)32-22)26(38)34(28(18)40)12-10-30-8-3-9-31-11-13-35-27(39)17-5-2-7-21-25(17)19(29(35)41)15-23(37)33-21/h1-2,4-7,14-15,30-31H,3,8-13H2,(H,32,36)(H,33,37). The molecule has 6 rings (SSSR count). The Kier molecular flexibility index (Phi) is 6.77. The molecule has 4 heterocycles. The Morgan fingerprint density at radius 3 is 1.39 bits per heavy atom. The number of carbonyl (C=O) groups is 4. The predicted octanol–water partition coefficient (Wildman–Crippen LogP) is 0.831. The maximum Gasteiger partial charge on any atom is 0.261 e. The molecular formula is C29H26N6O6. The Balaban J connectivity index is 0.957. The number of rotatable bonds is 10. The van der Waals surface area contributed by atoms with Crippen molar-refractivity contribution in [2.24, 2.45) is 0 Å². The smallest absolute Gasteiger partial charge is 0.261 e. The summed E-state index contributed by atoms with van der Waals surface area (Å²) in [5.74, 6) is -1.76. The van der Waals surface area contributed by atoms with Gasteiger partial charge in [-0.3, -0.25) is 38.6 Å². The second-order valence-electron chi connectivity index (χ2n) is 9.93. The Bertz CT molecular complexity index is 1740. The molecule has 4 N–H and O–H groups in total. The average molecular weight is 555 g/mol. The number of hydrogen-bond donors (Lipinski definition) is 4. The zero-order valence-electron chi connectivity index (χ0n) is 21.9. The quantitative estimate of drug-likeness (QED) is 0.165. The summed E-state index contributed by atoms with van der Waals surface area (Å²) in [4.78, 5) is 83.4. The molecule has 2 aliphatic heterocycles. The van der Waals surface area contributed by atoms with Gasteiger partial charge in [0.05, 0.1) is 22.3 Å². The molecule has 4 amide bonds. The minimum atomic E-state index is -0.487. The molecule has 0 bridgehead atoms. The summed E-state index contributed by atoms with van der Waals surface area (Å²) in [5, 5.41) is 7.37. The van der Waals surface area contributed by atoms with Crippen molar-refractivity contribution in [2.75, 3.05) is 39.3 Å². The van der Waals surface area contributed by atoms with Gasteiger partial charge < -0.3 is 20.6 Å². The third-order valence-corrected chi connectivity index (χ3v) is 7.37. The molecule has 0 radical (unpaired) electrons. The molecule has 0 spiro atoms. The molecule has 12 heteroatoms. The van der Waals surface area contributed by atoms with Crippen LogP contribution in [0.25, 0.3) is 21.8 Å². The summed E-state index contributed by atoms with van der Waals surface area (Å²) in [5.41, 5.74) is 1.34. The number of aromatic nitrogens is 2. The summed E-state index contributed by atoms with van der Waals surface area (Å²) in [6.45, 7) is 2.29. The molecule has 0 saturated carbocycles. The number of amides is 4. The van der Waals surface area contributed by atoms with Crippen molar-refractivity contribution in [1.82, 2.24) is 30.4 Å². The van der Waals surface area contributed by atoms with Gasteiger partial charge in [0.1, 0.15) is 0 Å². The topological polar surface area (TPSA) is 165 Å². The summed E-state index contributed by atoms with van der Waals surface area (Å²) in [6, 6.07) is 12.4. The summed E-state index contributed by atoms with van der Waals surface area (Å²) in [7, 11) is 0. The van der Waals surface area contributed by atoms with Gasteiger partial charge in [-0.25, -0.2) is 0 Å². The van der Waals surface area contributed by atoms with Gasteiger partial charge in [-0.1, -0.05) is 12.1 Å². The highest BCUT2D eigenvalue weighted by Crippen LogP contribution is 2.28. The predicted molar refractivity (Wildman–Crippen MR) is 150 cm³/mol. The van der Waals surface area contributed by atoms with Gasteiger partial charge in [-0.2, -0.15) is 0 Å². The van der Waals surface area contributed by atoms with Gasteiger partial charge in [0, 0.05) is 60.1 Å². The highest BCUT2D eigenvalue weighted by molar-refractivity contribution is 6.25. The number of nitrogens with zero attached hydrogens (tertiary/aromatic N) is 2. The van der Waals surface area contributed by atoms with E-state index in [9.17, 15) is 28.8 Å². The van der Waals surface area contributed by atoms with Crippen LogP contribution in [0, 0.1) is 0 Å². The van der Waals surface area contributed by atoms with Crippen LogP contribution in [-0.4, -0.2) is 82.7 Å². The molecule has 0 unspecified atom stereocenters. The first kappa shape index (κ1) is 26.3. The van der Waals surface area contributed by atoms with Gasteiger partial charge in [-0.05, 0) is 43.8 Å². The van der Waals surface area contributed by atoms with E-state index in [-0.39, 0.29) is 24.2 Å². The van der Waals surface area contributed by atoms with Crippen LogP contribution in [0.4, 0.5) is 0 Å². The van der Waals surface area contributed by atoms with Crippen LogP contribution in [0.15, 0.2) is 58.1 Å². The molecule has 0 aliphatic carbocycles. The summed E-state index contributed by atoms with van der Waals surface area (Å²) >= 11 is 0. The monoisotopic (exact) mass is 554 g/mol. The molecule has 208 valence electrons. The highest BCUT2D eigenvalue weighted by atomic mass is 16.2. The fraction of sp³-hybridized carbons (Fsp3) is 0.241. The van der Waals surface area contributed by atoms with Crippen molar-refractivity contribution < 1.29 is 19.2 Å². The highest BCUT2D eigenvalue weighted by Gasteiger charge is 2.34. The lowest BCUT2D eigenvalue weighted by Gasteiger charge is -2.27. The van der Waals surface area contributed by atoms with E-state index in [1.54, 1.807) is 36.4 Å². The molecule has 0 saturated heterocycles. The van der Waals surface area contributed by atoms with Crippen molar-refractivity contribution in [2.45, 2.75) is 6.42 Å². The molecule has 0 fully saturated rings. The summed E-state index contributed by atoms with van der Waals surface area (Å²) < 4.78 is 0. The van der Waals surface area contributed by atoms with E-state index in [2.05, 4.69) is 20.6 Å². The van der Waals surface area contributed by atoms with Crippen LogP contribution in [-0.2, 0) is 0 Å². The third-order valence-electron chi connectivity index (χ3n) is 7.37. The number of nitrogens with one attached hydrogen (secondary N) is 4. The fourth-order valence-electron chi connectivity index (χ4n) is 5.47. The Hall–Kier alpha value is -4.94. The lowest BCUT2D eigenvalue weighted by atomic mass is 9.97. The van der Waals surface area contributed by atoms with E-state index in [0.29, 0.717) is 59.1 Å². The van der Waals surface area contributed by atoms with Crippen LogP contribution in [0.3, 0.4) is 0 Å². The number of benzene rings is 2. The van der Waals surface area contributed by atoms with E-state index >= 15 is 0 Å². The van der Waals surface area contributed by atoms with Crippen LogP contribution in [0.2, 0.25) is 0 Å². The molecular weight excluding hydrogens is 528 g/mol. The molecule has 2 aromatic carbocycles. The average Bonchev–Trinajstić information content (AvgIpc) is 2.96. The van der Waals surface area contributed by atoms with Gasteiger partial charge in [0.25, 0.3) is 23.6 Å². The Morgan fingerprint density at radius 1 is 0.537 bits per heavy atom. The second kappa shape index (κ2) is 10.6. The van der Waals surface area contributed by atoms with E-state index < -0.39 is 34.7 Å². The normalized spacial score (nSPS) is 14.5. The first-order valence-electron chi connectivity index (χ1n) is 13.3. The van der Waals surface area contributed by atoms with Crippen LogP contribution >= 0.6 is 0 Å². The molecule has 12 nitrogen and oxygen atoms in total. The minimum absolute atomic E-state index is 0.157. The molecule has 4 aromatic rings. The summed E-state index contributed by atoms with van der Waals surface area (Å²) in [6.07, 6.45) is 0.721. The first-order valence-corrected chi connectivity index (χ1v) is 13.3. The first-order chi connectivity index (χ1) is 19.8. The number of carbonyl (C=O) groups excluding carboxylic acids is 4. The van der Waals surface area contributed by atoms with E-state index in [0.717, 1.165) is 16.2 Å². The maximum absolute atomic E-state index is 13.0.